The minimum Gasteiger partial charge on any atom is -0.369 e. The van der Waals surface area contributed by atoms with Gasteiger partial charge in [0.15, 0.2) is 0 Å². The van der Waals surface area contributed by atoms with Crippen molar-refractivity contribution in [1.29, 1.82) is 0 Å². The van der Waals surface area contributed by atoms with Crippen LogP contribution < -0.4 is 16.4 Å². The van der Waals surface area contributed by atoms with Crippen LogP contribution in [-0.4, -0.2) is 24.9 Å². The maximum atomic E-state index is 12.0. The Morgan fingerprint density at radius 2 is 1.80 bits per heavy atom. The lowest BCUT2D eigenvalue weighted by Crippen LogP contribution is -2.34. The predicted molar refractivity (Wildman–Crippen MR) is 80.8 cm³/mol. The third kappa shape index (κ3) is 4.83. The molecule has 0 atom stereocenters. The Labute approximate surface area is 124 Å². The number of carbonyl (C=O) groups excluding carboxylic acids is 2. The molecule has 1 heterocycles. The van der Waals surface area contributed by atoms with Crippen LogP contribution in [-0.2, 0) is 16.0 Å². The zero-order valence-electron chi connectivity index (χ0n) is 11.2. The molecular formula is C14H20ClN3O2. The van der Waals surface area contributed by atoms with Crippen LogP contribution in [0, 0.1) is 5.92 Å². The van der Waals surface area contributed by atoms with E-state index in [0.29, 0.717) is 0 Å². The van der Waals surface area contributed by atoms with Gasteiger partial charge in [0.25, 0.3) is 0 Å². The molecule has 1 aliphatic rings. The number of nitrogens with one attached hydrogen (secondary N) is 2. The molecule has 2 rings (SSSR count). The monoisotopic (exact) mass is 297 g/mol. The highest BCUT2D eigenvalue weighted by molar-refractivity contribution is 5.92. The van der Waals surface area contributed by atoms with Gasteiger partial charge in [0, 0.05) is 11.6 Å². The second kappa shape index (κ2) is 7.87. The molecule has 6 heteroatoms. The molecule has 0 aromatic heterocycles. The predicted octanol–water partition coefficient (Wildman–Crippen LogP) is 1.07. The van der Waals surface area contributed by atoms with Gasteiger partial charge in [0.1, 0.15) is 0 Å². The standard InChI is InChI=1S/C14H19N3O2.ClH/c15-13(18)9-10-1-3-12(4-2-10)17-14(19)11-5-7-16-8-6-11;/h1-4,11,16H,5-9H2,(H2,15,18)(H,17,19);1H. The number of hydrogen-bond acceptors (Lipinski definition) is 3. The fourth-order valence-corrected chi connectivity index (χ4v) is 2.24. The lowest BCUT2D eigenvalue weighted by atomic mass is 9.97. The number of amides is 2. The number of benzene rings is 1. The molecule has 0 bridgehead atoms. The second-order valence-electron chi connectivity index (χ2n) is 4.85. The summed E-state index contributed by atoms with van der Waals surface area (Å²) >= 11 is 0. The van der Waals surface area contributed by atoms with Gasteiger partial charge >= 0.3 is 0 Å². The third-order valence-corrected chi connectivity index (χ3v) is 3.31. The van der Waals surface area contributed by atoms with Crippen LogP contribution in [0.3, 0.4) is 0 Å². The number of rotatable bonds is 4. The summed E-state index contributed by atoms with van der Waals surface area (Å²) in [6.45, 7) is 1.80. The fourth-order valence-electron chi connectivity index (χ4n) is 2.24. The van der Waals surface area contributed by atoms with Gasteiger partial charge in [-0.05, 0) is 43.6 Å². The molecule has 1 aliphatic heterocycles. The summed E-state index contributed by atoms with van der Waals surface area (Å²) in [5.74, 6) is -0.192. The Hall–Kier alpha value is -1.59. The lowest BCUT2D eigenvalue weighted by molar-refractivity contribution is -0.120. The first kappa shape index (κ1) is 16.5. The van der Waals surface area contributed by atoms with Gasteiger partial charge in [-0.2, -0.15) is 0 Å². The van der Waals surface area contributed by atoms with E-state index in [1.807, 2.05) is 12.1 Å². The highest BCUT2D eigenvalue weighted by Gasteiger charge is 2.20. The minimum atomic E-state index is -0.355. The van der Waals surface area contributed by atoms with Crippen LogP contribution >= 0.6 is 12.4 Å². The molecule has 0 unspecified atom stereocenters. The summed E-state index contributed by atoms with van der Waals surface area (Å²) in [4.78, 5) is 22.8. The van der Waals surface area contributed by atoms with Crippen molar-refractivity contribution in [1.82, 2.24) is 5.32 Å². The van der Waals surface area contributed by atoms with Crippen molar-refractivity contribution in [3.05, 3.63) is 29.8 Å². The Balaban J connectivity index is 0.00000200. The van der Waals surface area contributed by atoms with E-state index in [9.17, 15) is 9.59 Å². The first-order valence-corrected chi connectivity index (χ1v) is 6.54. The maximum Gasteiger partial charge on any atom is 0.227 e. The van der Waals surface area contributed by atoms with Crippen molar-refractivity contribution in [3.8, 4) is 0 Å². The smallest absolute Gasteiger partial charge is 0.227 e. The average molecular weight is 298 g/mol. The second-order valence-corrected chi connectivity index (χ2v) is 4.85. The zero-order valence-corrected chi connectivity index (χ0v) is 12.0. The average Bonchev–Trinajstić information content (AvgIpc) is 2.41. The SMILES string of the molecule is Cl.NC(=O)Cc1ccc(NC(=O)C2CCNCC2)cc1. The Bertz CT molecular complexity index is 456. The van der Waals surface area contributed by atoms with Gasteiger partial charge in [-0.1, -0.05) is 12.1 Å². The molecule has 0 radical (unpaired) electrons. The van der Waals surface area contributed by atoms with Crippen LogP contribution in [0.5, 0.6) is 0 Å². The quantitative estimate of drug-likeness (QED) is 0.777. The van der Waals surface area contributed by atoms with Gasteiger partial charge in [-0.3, -0.25) is 9.59 Å². The first-order chi connectivity index (χ1) is 9.15. The van der Waals surface area contributed by atoms with E-state index >= 15 is 0 Å². The number of nitrogens with two attached hydrogens (primary N) is 1. The largest absolute Gasteiger partial charge is 0.369 e. The number of anilines is 1. The summed E-state index contributed by atoms with van der Waals surface area (Å²) < 4.78 is 0. The van der Waals surface area contributed by atoms with Gasteiger partial charge < -0.3 is 16.4 Å². The molecule has 5 nitrogen and oxygen atoms in total. The molecule has 20 heavy (non-hydrogen) atoms. The highest BCUT2D eigenvalue weighted by Crippen LogP contribution is 2.16. The van der Waals surface area contributed by atoms with Crippen molar-refractivity contribution in [2.75, 3.05) is 18.4 Å². The van der Waals surface area contributed by atoms with E-state index in [1.165, 1.54) is 0 Å². The molecule has 2 amide bonds. The number of primary amides is 1. The molecule has 1 aromatic rings. The molecule has 0 saturated carbocycles. The molecule has 1 aromatic carbocycles. The topological polar surface area (TPSA) is 84.2 Å². The number of carbonyl (C=O) groups is 2. The summed E-state index contributed by atoms with van der Waals surface area (Å²) in [6, 6.07) is 7.22. The van der Waals surface area contributed by atoms with E-state index in [4.69, 9.17) is 5.73 Å². The first-order valence-electron chi connectivity index (χ1n) is 6.54. The fraction of sp³-hybridized carbons (Fsp3) is 0.429. The highest BCUT2D eigenvalue weighted by atomic mass is 35.5. The Kier molecular flexibility index (Phi) is 6.48. The number of halogens is 1. The van der Waals surface area contributed by atoms with E-state index in [0.717, 1.165) is 37.2 Å². The van der Waals surface area contributed by atoms with Crippen molar-refractivity contribution >= 4 is 29.9 Å². The summed E-state index contributed by atoms with van der Waals surface area (Å²) in [6.07, 6.45) is 1.99. The van der Waals surface area contributed by atoms with E-state index in [2.05, 4.69) is 10.6 Å². The molecule has 1 saturated heterocycles. The summed E-state index contributed by atoms with van der Waals surface area (Å²) in [5, 5.41) is 6.14. The van der Waals surface area contributed by atoms with E-state index < -0.39 is 0 Å². The maximum absolute atomic E-state index is 12.0. The Morgan fingerprint density at radius 1 is 1.20 bits per heavy atom. The van der Waals surface area contributed by atoms with E-state index in [1.54, 1.807) is 12.1 Å². The van der Waals surface area contributed by atoms with Gasteiger partial charge in [0.05, 0.1) is 6.42 Å². The molecule has 110 valence electrons. The minimum absolute atomic E-state index is 0. The van der Waals surface area contributed by atoms with Gasteiger partial charge in [0.2, 0.25) is 11.8 Å². The lowest BCUT2D eigenvalue weighted by Gasteiger charge is -2.21. The van der Waals surface area contributed by atoms with Crippen molar-refractivity contribution in [3.63, 3.8) is 0 Å². The molecular weight excluding hydrogens is 278 g/mol. The van der Waals surface area contributed by atoms with E-state index in [-0.39, 0.29) is 36.6 Å². The Morgan fingerprint density at radius 3 is 2.35 bits per heavy atom. The van der Waals surface area contributed by atoms with Crippen LogP contribution in [0.15, 0.2) is 24.3 Å². The normalized spacial score (nSPS) is 15.2. The molecule has 1 fully saturated rings. The van der Waals surface area contributed by atoms with Crippen molar-refractivity contribution in [2.24, 2.45) is 11.7 Å². The van der Waals surface area contributed by atoms with Crippen LogP contribution in [0.2, 0.25) is 0 Å². The molecule has 4 N–H and O–H groups in total. The number of piperidine rings is 1. The van der Waals surface area contributed by atoms with Crippen LogP contribution in [0.25, 0.3) is 0 Å². The zero-order chi connectivity index (χ0) is 13.7. The molecule has 0 aliphatic carbocycles. The van der Waals surface area contributed by atoms with Gasteiger partial charge in [-0.15, -0.1) is 12.4 Å². The number of hydrogen-bond donors (Lipinski definition) is 3. The van der Waals surface area contributed by atoms with Crippen LogP contribution in [0.4, 0.5) is 5.69 Å². The summed E-state index contributed by atoms with van der Waals surface area (Å²) in [5.41, 5.74) is 6.74. The molecule has 0 spiro atoms. The summed E-state index contributed by atoms with van der Waals surface area (Å²) in [7, 11) is 0. The van der Waals surface area contributed by atoms with Gasteiger partial charge in [-0.25, -0.2) is 0 Å². The third-order valence-electron chi connectivity index (χ3n) is 3.31. The van der Waals surface area contributed by atoms with Crippen molar-refractivity contribution in [2.45, 2.75) is 19.3 Å². The van der Waals surface area contributed by atoms with Crippen LogP contribution in [0.1, 0.15) is 18.4 Å². The van der Waals surface area contributed by atoms with Crippen molar-refractivity contribution < 1.29 is 9.59 Å².